The van der Waals surface area contributed by atoms with Crippen molar-refractivity contribution >= 4 is 16.6 Å². The van der Waals surface area contributed by atoms with Gasteiger partial charge in [-0.1, -0.05) is 32.6 Å². The van der Waals surface area contributed by atoms with Gasteiger partial charge < -0.3 is 15.1 Å². The monoisotopic (exact) mass is 365 g/mol. The van der Waals surface area contributed by atoms with E-state index >= 15 is 0 Å². The van der Waals surface area contributed by atoms with Crippen LogP contribution in [0.15, 0.2) is 72.7 Å². The van der Waals surface area contributed by atoms with Crippen LogP contribution >= 0.6 is 0 Å². The van der Waals surface area contributed by atoms with Crippen LogP contribution in [0.3, 0.4) is 0 Å². The summed E-state index contributed by atoms with van der Waals surface area (Å²) in [5, 5.41) is 8.88. The lowest BCUT2D eigenvalue weighted by molar-refractivity contribution is 0.474. The fourth-order valence-electron chi connectivity index (χ4n) is 2.33. The molecule has 0 aliphatic heterocycles. The molecular weight excluding hydrogens is 338 g/mol. The minimum atomic E-state index is -0.110. The van der Waals surface area contributed by atoms with E-state index in [0.717, 1.165) is 34.0 Å². The van der Waals surface area contributed by atoms with Crippen LogP contribution in [0.5, 0.6) is 0 Å². The van der Waals surface area contributed by atoms with Crippen molar-refractivity contribution in [3.05, 3.63) is 83.8 Å². The summed E-state index contributed by atoms with van der Waals surface area (Å²) in [4.78, 5) is 21.6. The van der Waals surface area contributed by atoms with Gasteiger partial charge >= 0.3 is 0 Å². The second-order valence-electron chi connectivity index (χ2n) is 5.31. The highest BCUT2D eigenvalue weighted by molar-refractivity contribution is 5.92. The highest BCUT2D eigenvalue weighted by Gasteiger charge is 2.08. The lowest BCUT2D eigenvalue weighted by Gasteiger charge is -2.02. The van der Waals surface area contributed by atoms with E-state index in [0.29, 0.717) is 0 Å². The van der Waals surface area contributed by atoms with E-state index in [9.17, 15) is 4.79 Å². The molecule has 142 valence electrons. The van der Waals surface area contributed by atoms with E-state index in [1.54, 1.807) is 18.5 Å². The Bertz CT molecular complexity index is 978. The van der Waals surface area contributed by atoms with Crippen molar-refractivity contribution in [2.45, 2.75) is 27.7 Å². The largest absolute Gasteiger partial charge is 0.516 e. The molecule has 0 radical (unpaired) electrons. The molecule has 0 saturated heterocycles. The first-order chi connectivity index (χ1) is 13.1. The van der Waals surface area contributed by atoms with Crippen LogP contribution in [-0.4, -0.2) is 20.1 Å². The van der Waals surface area contributed by atoms with E-state index in [4.69, 9.17) is 5.11 Å². The smallest absolute Gasteiger partial charge is 0.248 e. The first kappa shape index (κ1) is 21.7. The minimum absolute atomic E-state index is 0.110. The van der Waals surface area contributed by atoms with Crippen molar-refractivity contribution in [3.63, 3.8) is 0 Å². The first-order valence-corrected chi connectivity index (χ1v) is 8.82. The summed E-state index contributed by atoms with van der Waals surface area (Å²) < 4.78 is 0. The SMILES string of the molecule is C/C=C(\C)c1c[nH]c2ncc(-c3cc[nH]c(=O)c3)cc12.C=C/C=C/O.CC. The average molecular weight is 365 g/mol. The molecule has 0 fully saturated rings. The predicted octanol–water partition coefficient (Wildman–Crippen LogP) is 5.61. The Morgan fingerprint density at radius 3 is 2.52 bits per heavy atom. The summed E-state index contributed by atoms with van der Waals surface area (Å²) in [6.45, 7) is 11.4. The van der Waals surface area contributed by atoms with Gasteiger partial charge in [0.15, 0.2) is 0 Å². The Balaban J connectivity index is 0.000000454. The van der Waals surface area contributed by atoms with Gasteiger partial charge in [0.2, 0.25) is 5.56 Å². The highest BCUT2D eigenvalue weighted by atomic mass is 16.2. The quantitative estimate of drug-likeness (QED) is 0.417. The third-order valence-corrected chi connectivity index (χ3v) is 3.72. The number of hydrogen-bond acceptors (Lipinski definition) is 3. The van der Waals surface area contributed by atoms with Crippen LogP contribution in [-0.2, 0) is 0 Å². The molecule has 0 aromatic carbocycles. The molecule has 0 atom stereocenters. The molecule has 5 heteroatoms. The van der Waals surface area contributed by atoms with Crippen LogP contribution in [0, 0.1) is 0 Å². The molecule has 3 aromatic rings. The van der Waals surface area contributed by atoms with Crippen LogP contribution in [0.1, 0.15) is 33.3 Å². The van der Waals surface area contributed by atoms with Gasteiger partial charge in [-0.05, 0) is 43.2 Å². The number of pyridine rings is 2. The molecule has 3 aromatic heterocycles. The van der Waals surface area contributed by atoms with E-state index in [1.807, 2.05) is 33.0 Å². The number of fused-ring (bicyclic) bond motifs is 1. The van der Waals surface area contributed by atoms with Gasteiger partial charge in [-0.2, -0.15) is 0 Å². The van der Waals surface area contributed by atoms with Crippen LogP contribution in [0.2, 0.25) is 0 Å². The van der Waals surface area contributed by atoms with Crippen molar-refractivity contribution in [3.8, 4) is 11.1 Å². The van der Waals surface area contributed by atoms with Gasteiger partial charge in [-0.15, -0.1) is 0 Å². The number of H-pyrrole nitrogens is 2. The fraction of sp³-hybridized carbons (Fsp3) is 0.182. The van der Waals surface area contributed by atoms with E-state index in [1.165, 1.54) is 17.7 Å². The van der Waals surface area contributed by atoms with Crippen LogP contribution in [0.25, 0.3) is 27.7 Å². The summed E-state index contributed by atoms with van der Waals surface area (Å²) in [5.74, 6) is 0. The molecule has 5 nitrogen and oxygen atoms in total. The molecule has 0 spiro atoms. The Labute approximate surface area is 159 Å². The zero-order valence-corrected chi connectivity index (χ0v) is 16.3. The standard InChI is InChI=1S/C16H15N3O.C4H6O.C2H6/c1-3-10(2)14-9-19-16-13(14)6-12(8-18-16)11-4-5-17-15(20)7-11;1-2-3-4-5;1-2/h3-9H,1-2H3,(H,17,20)(H,18,19);2-5H,1H2;1-2H3/b10-3+;4-3+;. The zero-order chi connectivity index (χ0) is 20.2. The summed E-state index contributed by atoms with van der Waals surface area (Å²) in [5.41, 5.74) is 4.89. The summed E-state index contributed by atoms with van der Waals surface area (Å²) in [6, 6.07) is 5.52. The van der Waals surface area contributed by atoms with Crippen molar-refractivity contribution < 1.29 is 5.11 Å². The van der Waals surface area contributed by atoms with Gasteiger partial charge in [0.25, 0.3) is 0 Å². The number of aromatic nitrogens is 3. The van der Waals surface area contributed by atoms with Gasteiger partial charge in [0, 0.05) is 41.2 Å². The minimum Gasteiger partial charge on any atom is -0.516 e. The van der Waals surface area contributed by atoms with Gasteiger partial charge in [0.1, 0.15) is 5.65 Å². The lowest BCUT2D eigenvalue weighted by Crippen LogP contribution is -2.02. The van der Waals surface area contributed by atoms with Crippen LogP contribution in [0.4, 0.5) is 0 Å². The van der Waals surface area contributed by atoms with E-state index in [-0.39, 0.29) is 5.56 Å². The van der Waals surface area contributed by atoms with Crippen molar-refractivity contribution in [1.29, 1.82) is 0 Å². The molecular formula is C22H27N3O2. The highest BCUT2D eigenvalue weighted by Crippen LogP contribution is 2.27. The maximum absolute atomic E-state index is 11.4. The average Bonchev–Trinajstić information content (AvgIpc) is 3.13. The van der Waals surface area contributed by atoms with Crippen molar-refractivity contribution in [1.82, 2.24) is 15.0 Å². The Morgan fingerprint density at radius 2 is 1.96 bits per heavy atom. The van der Waals surface area contributed by atoms with Gasteiger partial charge in [-0.3, -0.25) is 4.79 Å². The molecule has 27 heavy (non-hydrogen) atoms. The lowest BCUT2D eigenvalue weighted by atomic mass is 10.0. The molecule has 0 bridgehead atoms. The fourth-order valence-corrected chi connectivity index (χ4v) is 2.33. The Hall–Kier alpha value is -3.34. The molecule has 0 unspecified atom stereocenters. The zero-order valence-electron chi connectivity index (χ0n) is 16.3. The molecule has 0 aliphatic carbocycles. The first-order valence-electron chi connectivity index (χ1n) is 8.82. The molecule has 3 N–H and O–H groups in total. The summed E-state index contributed by atoms with van der Waals surface area (Å²) >= 11 is 0. The molecule has 0 aliphatic rings. The van der Waals surface area contributed by atoms with Gasteiger partial charge in [0.05, 0.1) is 6.26 Å². The topological polar surface area (TPSA) is 81.8 Å². The number of aliphatic hydroxyl groups excluding tert-OH is 1. The molecule has 0 amide bonds. The third kappa shape index (κ3) is 5.85. The number of nitrogens with one attached hydrogen (secondary N) is 2. The normalized spacial score (nSPS) is 10.7. The maximum atomic E-state index is 11.4. The van der Waals surface area contributed by atoms with Crippen LogP contribution < -0.4 is 5.56 Å². The maximum Gasteiger partial charge on any atom is 0.248 e. The molecule has 3 heterocycles. The number of rotatable bonds is 3. The Morgan fingerprint density at radius 1 is 1.22 bits per heavy atom. The molecule has 3 rings (SSSR count). The Kier molecular flexibility index (Phi) is 9.09. The summed E-state index contributed by atoms with van der Waals surface area (Å²) in [6.07, 6.45) is 11.4. The van der Waals surface area contributed by atoms with Crippen molar-refractivity contribution in [2.24, 2.45) is 0 Å². The second-order valence-corrected chi connectivity index (χ2v) is 5.31. The van der Waals surface area contributed by atoms with E-state index in [2.05, 4.69) is 40.6 Å². The summed E-state index contributed by atoms with van der Waals surface area (Å²) in [7, 11) is 0. The van der Waals surface area contributed by atoms with Crippen molar-refractivity contribution in [2.75, 3.05) is 0 Å². The number of allylic oxidation sites excluding steroid dienone is 4. The number of nitrogens with zero attached hydrogens (tertiary/aromatic N) is 1. The van der Waals surface area contributed by atoms with Gasteiger partial charge in [-0.25, -0.2) is 4.98 Å². The second kappa shape index (κ2) is 11.3. The molecule has 0 saturated carbocycles. The number of aromatic amines is 2. The number of hydrogen-bond donors (Lipinski definition) is 3. The predicted molar refractivity (Wildman–Crippen MR) is 115 cm³/mol. The third-order valence-electron chi connectivity index (χ3n) is 3.72. The number of aliphatic hydroxyl groups is 1. The van der Waals surface area contributed by atoms with E-state index < -0.39 is 0 Å².